The molecule has 2 heteroatoms. The minimum atomic E-state index is -1.91. The minimum Gasteiger partial charge on any atom is -0.358 e. The van der Waals surface area contributed by atoms with Crippen LogP contribution in [0.3, 0.4) is 0 Å². The Hall–Kier alpha value is -2.81. The van der Waals surface area contributed by atoms with Crippen LogP contribution in [0, 0.1) is 28.7 Å². The quantitative estimate of drug-likeness (QED) is 0.125. The molecule has 0 fully saturated rings. The summed E-state index contributed by atoms with van der Waals surface area (Å²) in [7, 11) is -1.91. The summed E-state index contributed by atoms with van der Waals surface area (Å²) in [5, 5.41) is 8.52. The standard InChI is InChI=1S/C35H32Si.2CH3.Hf/c1-5-36(4,30-20-28-8-6-10-32(34(28)22-30)26-16-12-24(2)13-17-26)31-21-29-9-7-11-33(35(29)23-31)27-18-14-25(3)15-19-27;;;/h6-23H,5H2,1-4H3;2*1H3;/q-2;2*-1;+4. The summed E-state index contributed by atoms with van der Waals surface area (Å²) in [5.74, 6) is 0. The Morgan fingerprint density at radius 2 is 0.974 bits per heavy atom. The van der Waals surface area contributed by atoms with Gasteiger partial charge >= 0.3 is 25.8 Å². The molecule has 0 saturated carbocycles. The first-order valence-corrected chi connectivity index (χ1v) is 15.7. The zero-order valence-corrected chi connectivity index (χ0v) is 28.7. The van der Waals surface area contributed by atoms with Crippen LogP contribution in [0.2, 0.25) is 12.6 Å². The van der Waals surface area contributed by atoms with E-state index in [-0.39, 0.29) is 40.7 Å². The molecule has 0 aromatic heterocycles. The molecular formula is C37H38HfSi. The molecule has 0 heterocycles. The SMILES string of the molecule is CC[Si](C)(c1cc2c(-c3ccc(C)cc3)cccc2[cH-]1)c1cc2c(-c3ccc(C)cc3)cccc2[cH-]1.[CH3-].[CH3-].[Hf+4]. The van der Waals surface area contributed by atoms with Gasteiger partial charge in [0.25, 0.3) is 0 Å². The normalized spacial score (nSPS) is 11.1. The summed E-state index contributed by atoms with van der Waals surface area (Å²) in [6.07, 6.45) is 0. The van der Waals surface area contributed by atoms with E-state index in [0.29, 0.717) is 0 Å². The van der Waals surface area contributed by atoms with Gasteiger partial charge in [0.2, 0.25) is 0 Å². The Balaban J connectivity index is 0.00000140. The van der Waals surface area contributed by atoms with Crippen molar-refractivity contribution in [1.82, 2.24) is 0 Å². The number of rotatable bonds is 5. The molecule has 0 aliphatic heterocycles. The van der Waals surface area contributed by atoms with Crippen molar-refractivity contribution in [2.45, 2.75) is 33.4 Å². The molecule has 39 heavy (non-hydrogen) atoms. The van der Waals surface area contributed by atoms with Crippen LogP contribution >= 0.6 is 0 Å². The van der Waals surface area contributed by atoms with Crippen LogP contribution in [0.25, 0.3) is 43.8 Å². The number of fused-ring (bicyclic) bond motifs is 2. The molecule has 6 aromatic carbocycles. The van der Waals surface area contributed by atoms with E-state index >= 15 is 0 Å². The first-order chi connectivity index (χ1) is 17.5. The van der Waals surface area contributed by atoms with Crippen molar-refractivity contribution in [2.24, 2.45) is 0 Å². The maximum absolute atomic E-state index is 2.55. The predicted octanol–water partition coefficient (Wildman–Crippen LogP) is 9.49. The van der Waals surface area contributed by atoms with Crippen molar-refractivity contribution < 1.29 is 25.8 Å². The third-order valence-corrected chi connectivity index (χ3v) is 12.7. The van der Waals surface area contributed by atoms with Gasteiger partial charge in [-0.2, -0.15) is 12.1 Å². The molecule has 0 nitrogen and oxygen atoms in total. The van der Waals surface area contributed by atoms with Crippen LogP contribution in [0.1, 0.15) is 18.1 Å². The topological polar surface area (TPSA) is 0 Å². The van der Waals surface area contributed by atoms with E-state index in [9.17, 15) is 0 Å². The van der Waals surface area contributed by atoms with E-state index in [1.807, 2.05) is 0 Å². The summed E-state index contributed by atoms with van der Waals surface area (Å²) in [6.45, 7) is 9.23. The average molecular weight is 689 g/mol. The second-order valence-electron chi connectivity index (χ2n) is 10.5. The molecule has 0 amide bonds. The van der Waals surface area contributed by atoms with Crippen LogP contribution < -0.4 is 10.4 Å². The van der Waals surface area contributed by atoms with Gasteiger partial charge in [-0.1, -0.05) is 102 Å². The minimum absolute atomic E-state index is 0. The zero-order chi connectivity index (χ0) is 24.9. The third kappa shape index (κ3) is 5.47. The number of aryl methyl sites for hydroxylation is 2. The number of hydrogen-bond donors (Lipinski definition) is 0. The third-order valence-electron chi connectivity index (χ3n) is 8.21. The molecule has 194 valence electrons. The largest absolute Gasteiger partial charge is 4.00 e. The van der Waals surface area contributed by atoms with Gasteiger partial charge in [-0.05, 0) is 25.0 Å². The van der Waals surface area contributed by atoms with E-state index in [0.717, 1.165) is 0 Å². The summed E-state index contributed by atoms with van der Waals surface area (Å²) in [5.41, 5.74) is 7.86. The van der Waals surface area contributed by atoms with E-state index < -0.39 is 8.07 Å². The maximum atomic E-state index is 2.55. The van der Waals surface area contributed by atoms with Crippen molar-refractivity contribution in [3.05, 3.63) is 135 Å². The van der Waals surface area contributed by atoms with Gasteiger partial charge in [0.05, 0.1) is 8.07 Å². The Morgan fingerprint density at radius 1 is 0.590 bits per heavy atom. The molecular weight excluding hydrogens is 651 g/mol. The Labute approximate surface area is 255 Å². The summed E-state index contributed by atoms with van der Waals surface area (Å²) < 4.78 is 0. The first-order valence-electron chi connectivity index (χ1n) is 13.0. The van der Waals surface area contributed by atoms with Crippen LogP contribution in [0.5, 0.6) is 0 Å². The fourth-order valence-electron chi connectivity index (χ4n) is 5.65. The predicted molar refractivity (Wildman–Crippen MR) is 174 cm³/mol. The smallest absolute Gasteiger partial charge is 0.358 e. The van der Waals surface area contributed by atoms with Crippen LogP contribution in [0.15, 0.2) is 109 Å². The van der Waals surface area contributed by atoms with E-state index in [1.54, 1.807) is 0 Å². The molecule has 0 saturated heterocycles. The average Bonchev–Trinajstić information content (AvgIpc) is 3.54. The molecule has 0 atom stereocenters. The molecule has 0 radical (unpaired) electrons. The van der Waals surface area contributed by atoms with Gasteiger partial charge in [0, 0.05) is 0 Å². The van der Waals surface area contributed by atoms with Gasteiger partial charge in [-0.3, -0.25) is 0 Å². The van der Waals surface area contributed by atoms with Gasteiger partial charge in [-0.25, -0.2) is 0 Å². The van der Waals surface area contributed by atoms with Crippen LogP contribution in [0.4, 0.5) is 0 Å². The molecule has 6 aromatic rings. The van der Waals surface area contributed by atoms with Crippen molar-refractivity contribution >= 4 is 40.0 Å². The van der Waals surface area contributed by atoms with Gasteiger partial charge in [-0.15, -0.1) is 68.3 Å². The molecule has 0 aliphatic rings. The fraction of sp³-hybridized carbons (Fsp3) is 0.135. The molecule has 0 bridgehead atoms. The Morgan fingerprint density at radius 3 is 1.33 bits per heavy atom. The molecule has 0 spiro atoms. The second-order valence-corrected chi connectivity index (χ2v) is 15.0. The van der Waals surface area contributed by atoms with Crippen molar-refractivity contribution in [3.63, 3.8) is 0 Å². The van der Waals surface area contributed by atoms with Gasteiger partial charge < -0.3 is 14.9 Å². The van der Waals surface area contributed by atoms with Gasteiger partial charge in [0.15, 0.2) is 0 Å². The first kappa shape index (κ1) is 30.7. The Kier molecular flexibility index (Phi) is 9.57. The summed E-state index contributed by atoms with van der Waals surface area (Å²) in [6, 6.07) is 42.5. The molecule has 6 rings (SSSR count). The number of hydrogen-bond acceptors (Lipinski definition) is 0. The van der Waals surface area contributed by atoms with Gasteiger partial charge in [0.1, 0.15) is 0 Å². The van der Waals surface area contributed by atoms with Crippen LogP contribution in [-0.4, -0.2) is 8.07 Å². The molecule has 0 N–H and O–H groups in total. The zero-order valence-electron chi connectivity index (χ0n) is 24.1. The number of benzene rings is 4. The summed E-state index contributed by atoms with van der Waals surface area (Å²) in [4.78, 5) is 0. The molecule has 0 aliphatic carbocycles. The fourth-order valence-corrected chi connectivity index (χ4v) is 8.67. The maximum Gasteiger partial charge on any atom is 4.00 e. The van der Waals surface area contributed by atoms with Crippen molar-refractivity contribution in [1.29, 1.82) is 0 Å². The van der Waals surface area contributed by atoms with E-state index in [1.165, 1.54) is 71.3 Å². The van der Waals surface area contributed by atoms with Crippen molar-refractivity contribution in [2.75, 3.05) is 0 Å². The van der Waals surface area contributed by atoms with Crippen molar-refractivity contribution in [3.8, 4) is 22.3 Å². The van der Waals surface area contributed by atoms with E-state index in [2.05, 4.69) is 137 Å². The van der Waals surface area contributed by atoms with E-state index in [4.69, 9.17) is 0 Å². The summed E-state index contributed by atoms with van der Waals surface area (Å²) >= 11 is 0. The molecule has 0 unspecified atom stereocenters. The second kappa shape index (κ2) is 12.1. The van der Waals surface area contributed by atoms with Crippen LogP contribution in [-0.2, 0) is 25.8 Å². The monoisotopic (exact) mass is 690 g/mol. The Bertz CT molecular complexity index is 1560.